The number of ether oxygens (including phenoxy) is 2. The van der Waals surface area contributed by atoms with Crippen molar-refractivity contribution in [3.8, 4) is 0 Å². The van der Waals surface area contributed by atoms with Gasteiger partial charge in [0, 0.05) is 13.0 Å². The van der Waals surface area contributed by atoms with Gasteiger partial charge >= 0.3 is 0 Å². The molecule has 1 aliphatic heterocycles. The maximum atomic E-state index is 11.0. The molecule has 10 heteroatoms. The summed E-state index contributed by atoms with van der Waals surface area (Å²) in [7, 11) is -7.14. The van der Waals surface area contributed by atoms with Gasteiger partial charge in [0.05, 0.1) is 31.8 Å². The van der Waals surface area contributed by atoms with Crippen LogP contribution in [-0.2, 0) is 38.1 Å². The van der Waals surface area contributed by atoms with Gasteiger partial charge in [-0.15, -0.1) is 0 Å². The molecular weight excluding hydrogens is 324 g/mol. The molecule has 8 nitrogen and oxygen atoms in total. The van der Waals surface area contributed by atoms with Crippen molar-refractivity contribution in [3.63, 3.8) is 0 Å². The first-order chi connectivity index (χ1) is 9.66. The summed E-state index contributed by atoms with van der Waals surface area (Å²) in [5.41, 5.74) is 0. The Morgan fingerprint density at radius 2 is 1.76 bits per heavy atom. The second-order valence-electron chi connectivity index (χ2n) is 4.86. The Balaban J connectivity index is 2.47. The zero-order chi connectivity index (χ0) is 15.9. The largest absolute Gasteiger partial charge is 0.353 e. The molecule has 1 heterocycles. The van der Waals surface area contributed by atoms with Crippen molar-refractivity contribution < 1.29 is 34.7 Å². The standard InChI is InChI=1S/C11H22O8S2/c1-20(12,13)17-8-6-10(9-18-21(2,14)15)19-11-5-3-4-7-16-11/h10-11H,3-9H2,1-2H3/t10-,11?/m0/s1. The van der Waals surface area contributed by atoms with Gasteiger partial charge in [-0.25, -0.2) is 0 Å². The molecular formula is C11H22O8S2. The molecule has 0 aliphatic carbocycles. The first kappa shape index (κ1) is 18.8. The van der Waals surface area contributed by atoms with E-state index >= 15 is 0 Å². The van der Waals surface area contributed by atoms with Crippen LogP contribution in [0.1, 0.15) is 25.7 Å². The van der Waals surface area contributed by atoms with Gasteiger partial charge in [-0.3, -0.25) is 8.37 Å². The van der Waals surface area contributed by atoms with Crippen molar-refractivity contribution in [2.45, 2.75) is 38.1 Å². The highest BCUT2D eigenvalue weighted by atomic mass is 32.2. The highest BCUT2D eigenvalue weighted by molar-refractivity contribution is 7.86. The van der Waals surface area contributed by atoms with Gasteiger partial charge in [0.2, 0.25) is 0 Å². The van der Waals surface area contributed by atoms with Crippen LogP contribution in [0, 0.1) is 0 Å². The maximum absolute atomic E-state index is 11.0. The summed E-state index contributed by atoms with van der Waals surface area (Å²) >= 11 is 0. The van der Waals surface area contributed by atoms with Crippen molar-refractivity contribution in [2.24, 2.45) is 0 Å². The number of hydrogen-bond donors (Lipinski definition) is 0. The van der Waals surface area contributed by atoms with Gasteiger partial charge in [0.1, 0.15) is 0 Å². The number of hydrogen-bond acceptors (Lipinski definition) is 8. The Kier molecular flexibility index (Phi) is 7.51. The van der Waals surface area contributed by atoms with Crippen LogP contribution in [-0.4, -0.2) is 61.6 Å². The van der Waals surface area contributed by atoms with Crippen LogP contribution in [0.4, 0.5) is 0 Å². The predicted octanol–water partition coefficient (Wildman–Crippen LogP) is 0.241. The van der Waals surface area contributed by atoms with Crippen molar-refractivity contribution in [2.75, 3.05) is 32.3 Å². The van der Waals surface area contributed by atoms with E-state index in [9.17, 15) is 16.8 Å². The molecule has 0 aromatic carbocycles. The fraction of sp³-hybridized carbons (Fsp3) is 1.00. The zero-order valence-electron chi connectivity index (χ0n) is 12.2. The van der Waals surface area contributed by atoms with E-state index in [1.807, 2.05) is 0 Å². The SMILES string of the molecule is CS(=O)(=O)OCC[C@@H](COS(C)(=O)=O)OC1CCCCO1. The normalized spacial score (nSPS) is 22.1. The molecule has 0 bridgehead atoms. The molecule has 0 spiro atoms. The summed E-state index contributed by atoms with van der Waals surface area (Å²) in [5.74, 6) is 0. The molecule has 126 valence electrons. The Morgan fingerprint density at radius 1 is 1.10 bits per heavy atom. The third-order valence-corrected chi connectivity index (χ3v) is 3.85. The van der Waals surface area contributed by atoms with Crippen molar-refractivity contribution in [1.82, 2.24) is 0 Å². The van der Waals surface area contributed by atoms with E-state index in [4.69, 9.17) is 13.7 Å². The topological polar surface area (TPSA) is 105 Å². The first-order valence-electron chi connectivity index (χ1n) is 6.61. The monoisotopic (exact) mass is 346 g/mol. The first-order valence-corrected chi connectivity index (χ1v) is 10.2. The van der Waals surface area contributed by atoms with Crippen LogP contribution in [0.3, 0.4) is 0 Å². The van der Waals surface area contributed by atoms with Gasteiger partial charge < -0.3 is 9.47 Å². The molecule has 21 heavy (non-hydrogen) atoms. The molecule has 2 atom stereocenters. The lowest BCUT2D eigenvalue weighted by molar-refractivity contribution is -0.195. The van der Waals surface area contributed by atoms with Gasteiger partial charge in [0.15, 0.2) is 6.29 Å². The van der Waals surface area contributed by atoms with E-state index in [1.54, 1.807) is 0 Å². The summed E-state index contributed by atoms with van der Waals surface area (Å²) in [5, 5.41) is 0. The molecule has 0 radical (unpaired) electrons. The van der Waals surface area contributed by atoms with E-state index < -0.39 is 32.6 Å². The zero-order valence-corrected chi connectivity index (χ0v) is 13.8. The fourth-order valence-corrected chi connectivity index (χ4v) is 2.55. The minimum absolute atomic E-state index is 0.108. The molecule has 1 unspecified atom stereocenters. The molecule has 1 rings (SSSR count). The Bertz CT molecular complexity index is 492. The summed E-state index contributed by atoms with van der Waals surface area (Å²) in [4.78, 5) is 0. The lowest BCUT2D eigenvalue weighted by Gasteiger charge is -2.27. The van der Waals surface area contributed by atoms with Crippen molar-refractivity contribution >= 4 is 20.2 Å². The highest BCUT2D eigenvalue weighted by Gasteiger charge is 2.22. The molecule has 0 saturated carbocycles. The molecule has 0 aromatic heterocycles. The third kappa shape index (κ3) is 10.1. The summed E-state index contributed by atoms with van der Waals surface area (Å²) in [6.07, 6.45) is 3.65. The van der Waals surface area contributed by atoms with Crippen LogP contribution in [0.15, 0.2) is 0 Å². The number of rotatable bonds is 9. The minimum Gasteiger partial charge on any atom is -0.353 e. The smallest absolute Gasteiger partial charge is 0.264 e. The molecule has 1 aliphatic rings. The molecule has 1 saturated heterocycles. The van der Waals surface area contributed by atoms with E-state index in [0.717, 1.165) is 25.4 Å². The van der Waals surface area contributed by atoms with Gasteiger partial charge in [0.25, 0.3) is 20.2 Å². The van der Waals surface area contributed by atoms with Crippen LogP contribution < -0.4 is 0 Å². The van der Waals surface area contributed by atoms with E-state index in [-0.39, 0.29) is 19.6 Å². The Morgan fingerprint density at radius 3 is 2.29 bits per heavy atom. The molecule has 0 amide bonds. The van der Waals surface area contributed by atoms with E-state index in [2.05, 4.69) is 4.18 Å². The van der Waals surface area contributed by atoms with Crippen molar-refractivity contribution in [1.29, 1.82) is 0 Å². The Labute approximate surface area is 126 Å². The second kappa shape index (κ2) is 8.39. The van der Waals surface area contributed by atoms with Gasteiger partial charge in [-0.1, -0.05) is 0 Å². The molecule has 0 aromatic rings. The van der Waals surface area contributed by atoms with Crippen LogP contribution in [0.5, 0.6) is 0 Å². The van der Waals surface area contributed by atoms with E-state index in [1.165, 1.54) is 0 Å². The summed E-state index contributed by atoms with van der Waals surface area (Å²) in [6.45, 7) is 0.277. The molecule has 0 N–H and O–H groups in total. The summed E-state index contributed by atoms with van der Waals surface area (Å²) in [6, 6.07) is 0. The fourth-order valence-electron chi connectivity index (χ4n) is 1.75. The second-order valence-corrected chi connectivity index (χ2v) is 8.15. The quantitative estimate of drug-likeness (QED) is 0.547. The third-order valence-electron chi connectivity index (χ3n) is 2.69. The summed E-state index contributed by atoms with van der Waals surface area (Å²) < 4.78 is 64.2. The van der Waals surface area contributed by atoms with Crippen LogP contribution in [0.25, 0.3) is 0 Å². The van der Waals surface area contributed by atoms with Gasteiger partial charge in [-0.05, 0) is 19.3 Å². The maximum Gasteiger partial charge on any atom is 0.264 e. The van der Waals surface area contributed by atoms with Crippen molar-refractivity contribution in [3.05, 3.63) is 0 Å². The van der Waals surface area contributed by atoms with Crippen LogP contribution in [0.2, 0.25) is 0 Å². The Hall–Kier alpha value is -0.260. The van der Waals surface area contributed by atoms with Gasteiger partial charge in [-0.2, -0.15) is 16.8 Å². The lowest BCUT2D eigenvalue weighted by atomic mass is 10.2. The van der Waals surface area contributed by atoms with E-state index in [0.29, 0.717) is 13.0 Å². The highest BCUT2D eigenvalue weighted by Crippen LogP contribution is 2.17. The molecule has 1 fully saturated rings. The average Bonchev–Trinajstić information content (AvgIpc) is 2.34. The predicted molar refractivity (Wildman–Crippen MR) is 74.7 cm³/mol. The minimum atomic E-state index is -3.59. The van der Waals surface area contributed by atoms with Crippen LogP contribution >= 0.6 is 0 Å². The average molecular weight is 346 g/mol. The lowest BCUT2D eigenvalue weighted by Crippen LogP contribution is -2.32.